The van der Waals surface area contributed by atoms with Crippen molar-refractivity contribution in [1.82, 2.24) is 0 Å². The Morgan fingerprint density at radius 2 is 1.95 bits per heavy atom. The number of hydrogen-bond acceptors (Lipinski definition) is 3. The zero-order chi connectivity index (χ0) is 14.7. The molecule has 1 atom stereocenters. The van der Waals surface area contributed by atoms with E-state index in [1.54, 1.807) is 0 Å². The highest BCUT2D eigenvalue weighted by atomic mass is 16.5. The van der Waals surface area contributed by atoms with Crippen molar-refractivity contribution in [3.63, 3.8) is 0 Å². The Hall–Kier alpha value is -2.26. The van der Waals surface area contributed by atoms with Gasteiger partial charge in [-0.15, -0.1) is 0 Å². The number of aliphatic hydroxyl groups is 1. The molecule has 0 radical (unpaired) electrons. The maximum Gasteiger partial charge on any atom is 0.138 e. The van der Waals surface area contributed by atoms with Crippen LogP contribution >= 0.6 is 0 Å². The van der Waals surface area contributed by atoms with Gasteiger partial charge in [0.05, 0.1) is 6.61 Å². The lowest BCUT2D eigenvalue weighted by molar-refractivity contribution is 0.191. The minimum atomic E-state index is -0.789. The van der Waals surface area contributed by atoms with Gasteiger partial charge in [-0.25, -0.2) is 0 Å². The lowest BCUT2D eigenvalue weighted by atomic mass is 10.1. The molecule has 0 aliphatic carbocycles. The van der Waals surface area contributed by atoms with Gasteiger partial charge in [-0.1, -0.05) is 37.3 Å². The second-order valence-corrected chi connectivity index (χ2v) is 5.01. The largest absolute Gasteiger partial charge is 0.494 e. The number of rotatable bonds is 5. The standard InChI is InChI=1S/C18H18O3/c1-2-10-20-15-8-5-7-14(11-15)18(19)17-12-13-6-3-4-9-16(13)21-17/h3-9,11-12,18-19H,2,10H2,1H3. The average Bonchev–Trinajstić information content (AvgIpc) is 2.96. The number of aliphatic hydroxyl groups excluding tert-OH is 1. The minimum Gasteiger partial charge on any atom is -0.494 e. The summed E-state index contributed by atoms with van der Waals surface area (Å²) < 4.78 is 11.3. The first kappa shape index (κ1) is 13.7. The number of hydrogen-bond donors (Lipinski definition) is 1. The molecule has 21 heavy (non-hydrogen) atoms. The Morgan fingerprint density at radius 1 is 1.10 bits per heavy atom. The summed E-state index contributed by atoms with van der Waals surface area (Å²) >= 11 is 0. The van der Waals surface area contributed by atoms with E-state index in [0.29, 0.717) is 12.4 Å². The van der Waals surface area contributed by atoms with Gasteiger partial charge in [-0.3, -0.25) is 0 Å². The van der Waals surface area contributed by atoms with Crippen LogP contribution in [0.2, 0.25) is 0 Å². The van der Waals surface area contributed by atoms with Crippen molar-refractivity contribution in [2.24, 2.45) is 0 Å². The van der Waals surface area contributed by atoms with Crippen molar-refractivity contribution in [2.45, 2.75) is 19.4 Å². The molecule has 3 aromatic rings. The molecule has 108 valence electrons. The van der Waals surface area contributed by atoms with Crippen LogP contribution in [0.1, 0.15) is 30.8 Å². The predicted octanol–water partition coefficient (Wildman–Crippen LogP) is 4.30. The normalized spacial score (nSPS) is 12.5. The van der Waals surface area contributed by atoms with E-state index in [1.165, 1.54) is 0 Å². The van der Waals surface area contributed by atoms with Crippen molar-refractivity contribution in [1.29, 1.82) is 0 Å². The molecule has 1 heterocycles. The molecule has 1 aromatic heterocycles. The van der Waals surface area contributed by atoms with Crippen molar-refractivity contribution in [3.8, 4) is 5.75 Å². The molecule has 0 aliphatic rings. The molecule has 0 aliphatic heterocycles. The molecule has 3 nitrogen and oxygen atoms in total. The summed E-state index contributed by atoms with van der Waals surface area (Å²) in [6, 6.07) is 17.1. The molecule has 0 amide bonds. The first-order valence-corrected chi connectivity index (χ1v) is 7.17. The molecule has 0 bridgehead atoms. The maximum atomic E-state index is 10.5. The number of fused-ring (bicyclic) bond motifs is 1. The summed E-state index contributed by atoms with van der Waals surface area (Å²) in [5.74, 6) is 1.31. The van der Waals surface area contributed by atoms with Crippen LogP contribution in [-0.4, -0.2) is 11.7 Å². The molecular weight excluding hydrogens is 264 g/mol. The van der Waals surface area contributed by atoms with Crippen LogP contribution in [-0.2, 0) is 0 Å². The SMILES string of the molecule is CCCOc1cccc(C(O)c2cc3ccccc3o2)c1. The Morgan fingerprint density at radius 3 is 2.76 bits per heavy atom. The van der Waals surface area contributed by atoms with E-state index in [4.69, 9.17) is 9.15 Å². The third-order valence-corrected chi connectivity index (χ3v) is 3.36. The fourth-order valence-corrected chi connectivity index (χ4v) is 2.30. The van der Waals surface area contributed by atoms with Crippen LogP contribution in [0.15, 0.2) is 59.0 Å². The number of para-hydroxylation sites is 1. The van der Waals surface area contributed by atoms with Gasteiger partial charge in [0.15, 0.2) is 0 Å². The molecule has 0 saturated heterocycles. The van der Waals surface area contributed by atoms with Gasteiger partial charge < -0.3 is 14.3 Å². The zero-order valence-electron chi connectivity index (χ0n) is 12.0. The zero-order valence-corrected chi connectivity index (χ0v) is 12.0. The summed E-state index contributed by atoms with van der Waals surface area (Å²) in [7, 11) is 0. The minimum absolute atomic E-state index is 0.545. The van der Waals surface area contributed by atoms with E-state index in [-0.39, 0.29) is 0 Å². The Bertz CT molecular complexity index is 697. The van der Waals surface area contributed by atoms with Gasteiger partial charge in [0.1, 0.15) is 23.2 Å². The van der Waals surface area contributed by atoms with E-state index in [9.17, 15) is 5.11 Å². The second kappa shape index (κ2) is 6.02. The topological polar surface area (TPSA) is 42.6 Å². The summed E-state index contributed by atoms with van der Waals surface area (Å²) in [4.78, 5) is 0. The van der Waals surface area contributed by atoms with Crippen LogP contribution in [0.4, 0.5) is 0 Å². The summed E-state index contributed by atoms with van der Waals surface area (Å²) in [6.07, 6.45) is 0.165. The molecule has 1 unspecified atom stereocenters. The van der Waals surface area contributed by atoms with E-state index >= 15 is 0 Å². The third-order valence-electron chi connectivity index (χ3n) is 3.36. The molecule has 1 N–H and O–H groups in total. The monoisotopic (exact) mass is 282 g/mol. The Kier molecular flexibility index (Phi) is 3.93. The van der Waals surface area contributed by atoms with Crippen LogP contribution in [0.5, 0.6) is 5.75 Å². The van der Waals surface area contributed by atoms with E-state index < -0.39 is 6.10 Å². The number of ether oxygens (including phenoxy) is 1. The lowest BCUT2D eigenvalue weighted by Crippen LogP contribution is -2.00. The molecular formula is C18H18O3. The molecule has 0 saturated carbocycles. The van der Waals surface area contributed by atoms with Crippen LogP contribution in [0.3, 0.4) is 0 Å². The number of benzene rings is 2. The summed E-state index contributed by atoms with van der Waals surface area (Å²) in [5, 5.41) is 11.5. The average molecular weight is 282 g/mol. The highest BCUT2D eigenvalue weighted by Crippen LogP contribution is 2.29. The molecule has 0 spiro atoms. The van der Waals surface area contributed by atoms with Crippen LogP contribution < -0.4 is 4.74 Å². The smallest absolute Gasteiger partial charge is 0.138 e. The Labute approximate surface area is 123 Å². The molecule has 2 aromatic carbocycles. The fraction of sp³-hybridized carbons (Fsp3) is 0.222. The first-order valence-electron chi connectivity index (χ1n) is 7.17. The van der Waals surface area contributed by atoms with Crippen molar-refractivity contribution < 1.29 is 14.3 Å². The molecule has 0 fully saturated rings. The van der Waals surface area contributed by atoms with Gasteiger partial charge in [0.2, 0.25) is 0 Å². The van der Waals surface area contributed by atoms with E-state index in [0.717, 1.165) is 28.7 Å². The van der Waals surface area contributed by atoms with Crippen molar-refractivity contribution in [3.05, 3.63) is 65.9 Å². The molecule has 3 heteroatoms. The lowest BCUT2D eigenvalue weighted by Gasteiger charge is -2.10. The third kappa shape index (κ3) is 2.93. The number of furan rings is 1. The van der Waals surface area contributed by atoms with Crippen LogP contribution in [0, 0.1) is 0 Å². The van der Waals surface area contributed by atoms with E-state index in [2.05, 4.69) is 6.92 Å². The van der Waals surface area contributed by atoms with E-state index in [1.807, 2.05) is 54.6 Å². The summed E-state index contributed by atoms with van der Waals surface area (Å²) in [5.41, 5.74) is 1.55. The van der Waals surface area contributed by atoms with Crippen LogP contribution in [0.25, 0.3) is 11.0 Å². The first-order chi connectivity index (χ1) is 10.3. The summed E-state index contributed by atoms with van der Waals surface area (Å²) in [6.45, 7) is 2.73. The maximum absolute atomic E-state index is 10.5. The van der Waals surface area contributed by atoms with Crippen molar-refractivity contribution >= 4 is 11.0 Å². The molecule has 3 rings (SSSR count). The van der Waals surface area contributed by atoms with Gasteiger partial charge in [0.25, 0.3) is 0 Å². The van der Waals surface area contributed by atoms with Gasteiger partial charge in [-0.2, -0.15) is 0 Å². The van der Waals surface area contributed by atoms with Gasteiger partial charge >= 0.3 is 0 Å². The predicted molar refractivity (Wildman–Crippen MR) is 82.5 cm³/mol. The van der Waals surface area contributed by atoms with Gasteiger partial charge in [0, 0.05) is 5.39 Å². The highest BCUT2D eigenvalue weighted by molar-refractivity contribution is 5.77. The Balaban J connectivity index is 1.88. The van der Waals surface area contributed by atoms with Gasteiger partial charge in [-0.05, 0) is 36.2 Å². The second-order valence-electron chi connectivity index (χ2n) is 5.01. The van der Waals surface area contributed by atoms with Crippen molar-refractivity contribution in [2.75, 3.05) is 6.61 Å². The fourth-order valence-electron chi connectivity index (χ4n) is 2.30. The quantitative estimate of drug-likeness (QED) is 0.758. The highest BCUT2D eigenvalue weighted by Gasteiger charge is 2.16.